The van der Waals surface area contributed by atoms with Crippen LogP contribution in [0.3, 0.4) is 0 Å². The number of benzene rings is 3. The van der Waals surface area contributed by atoms with Crippen molar-refractivity contribution in [1.29, 1.82) is 0 Å². The van der Waals surface area contributed by atoms with Gasteiger partial charge in [-0.2, -0.15) is 0 Å². The van der Waals surface area contributed by atoms with Crippen LogP contribution in [0.5, 0.6) is 11.5 Å². The highest BCUT2D eigenvalue weighted by Gasteiger charge is 2.14. The van der Waals surface area contributed by atoms with E-state index in [2.05, 4.69) is 26.6 Å². The van der Waals surface area contributed by atoms with Gasteiger partial charge in [-0.25, -0.2) is 0 Å². The number of carbonyl (C=O) groups excluding carboxylic acids is 1. The number of carbonyl (C=O) groups is 1. The zero-order valence-electron chi connectivity index (χ0n) is 17.7. The van der Waals surface area contributed by atoms with Crippen LogP contribution in [-0.2, 0) is 11.3 Å². The number of ether oxygens (including phenoxy) is 2. The Bertz CT molecular complexity index is 1070. The Kier molecular flexibility index (Phi) is 8.67. The fraction of sp³-hybridized carbons (Fsp3) is 0.208. The number of hydrogen-bond donors (Lipinski definition) is 2. The zero-order valence-corrected chi connectivity index (χ0v) is 20.8. The highest BCUT2D eigenvalue weighted by molar-refractivity contribution is 9.10. The Morgan fingerprint density at radius 3 is 2.31 bits per heavy atom. The van der Waals surface area contributed by atoms with E-state index in [1.165, 1.54) is 0 Å². The summed E-state index contributed by atoms with van der Waals surface area (Å²) >= 11 is 15.7. The summed E-state index contributed by atoms with van der Waals surface area (Å²) in [5.41, 5.74) is 3.60. The van der Waals surface area contributed by atoms with E-state index in [-0.39, 0.29) is 12.5 Å². The maximum absolute atomic E-state index is 12.3. The van der Waals surface area contributed by atoms with Crippen LogP contribution >= 0.6 is 39.1 Å². The molecule has 8 heteroatoms. The van der Waals surface area contributed by atoms with Gasteiger partial charge in [0, 0.05) is 28.0 Å². The largest absolute Gasteiger partial charge is 0.490 e. The minimum absolute atomic E-state index is 0.148. The van der Waals surface area contributed by atoms with Gasteiger partial charge in [0.05, 0.1) is 11.1 Å². The average Bonchev–Trinajstić information content (AvgIpc) is 2.73. The summed E-state index contributed by atoms with van der Waals surface area (Å²) in [6, 6.07) is 16.6. The predicted molar refractivity (Wildman–Crippen MR) is 134 cm³/mol. The maximum Gasteiger partial charge on any atom is 0.262 e. The van der Waals surface area contributed by atoms with Gasteiger partial charge in [-0.05, 0) is 77.8 Å². The van der Waals surface area contributed by atoms with Crippen molar-refractivity contribution in [2.75, 3.05) is 23.8 Å². The van der Waals surface area contributed by atoms with Gasteiger partial charge in [-0.1, -0.05) is 40.9 Å². The Morgan fingerprint density at radius 1 is 0.969 bits per heavy atom. The van der Waals surface area contributed by atoms with Gasteiger partial charge < -0.3 is 20.1 Å². The summed E-state index contributed by atoms with van der Waals surface area (Å²) < 4.78 is 12.2. The molecule has 0 atom stereocenters. The topological polar surface area (TPSA) is 59.6 Å². The molecule has 3 aromatic rings. The lowest BCUT2D eigenvalue weighted by atomic mass is 10.2. The van der Waals surface area contributed by atoms with Crippen molar-refractivity contribution >= 4 is 56.4 Å². The third-order valence-electron chi connectivity index (χ3n) is 4.41. The Labute approximate surface area is 206 Å². The molecular formula is C24H23BrCl2N2O3. The lowest BCUT2D eigenvalue weighted by Crippen LogP contribution is -2.20. The van der Waals surface area contributed by atoms with Gasteiger partial charge in [0.1, 0.15) is 0 Å². The number of anilines is 2. The molecule has 0 aromatic heterocycles. The van der Waals surface area contributed by atoms with E-state index in [4.69, 9.17) is 32.7 Å². The second kappa shape index (κ2) is 11.5. The first-order valence-electron chi connectivity index (χ1n) is 9.98. The average molecular weight is 538 g/mol. The van der Waals surface area contributed by atoms with Crippen molar-refractivity contribution in [3.8, 4) is 11.5 Å². The Balaban J connectivity index is 1.67. The quantitative estimate of drug-likeness (QED) is 0.306. The summed E-state index contributed by atoms with van der Waals surface area (Å²) in [4.78, 5) is 12.3. The van der Waals surface area contributed by atoms with Crippen molar-refractivity contribution in [2.45, 2.75) is 20.4 Å². The summed E-state index contributed by atoms with van der Waals surface area (Å²) in [5, 5.41) is 7.23. The molecule has 0 heterocycles. The van der Waals surface area contributed by atoms with E-state index >= 15 is 0 Å². The van der Waals surface area contributed by atoms with Gasteiger partial charge >= 0.3 is 0 Å². The second-order valence-corrected chi connectivity index (χ2v) is 8.78. The van der Waals surface area contributed by atoms with Crippen LogP contribution in [0, 0.1) is 6.92 Å². The van der Waals surface area contributed by atoms with E-state index < -0.39 is 0 Å². The molecule has 0 saturated carbocycles. The van der Waals surface area contributed by atoms with Crippen molar-refractivity contribution in [1.82, 2.24) is 0 Å². The molecular weight excluding hydrogens is 515 g/mol. The summed E-state index contributed by atoms with van der Waals surface area (Å²) in [7, 11) is 0. The molecule has 0 saturated heterocycles. The van der Waals surface area contributed by atoms with Crippen LogP contribution in [0.15, 0.2) is 59.1 Å². The Hall–Kier alpha value is -2.41. The molecule has 0 unspecified atom stereocenters. The first kappa shape index (κ1) is 24.2. The molecule has 32 heavy (non-hydrogen) atoms. The maximum atomic E-state index is 12.3. The highest BCUT2D eigenvalue weighted by Crippen LogP contribution is 2.37. The molecule has 3 rings (SSSR count). The minimum atomic E-state index is -0.258. The predicted octanol–water partition coefficient (Wildman–Crippen LogP) is 7.09. The highest BCUT2D eigenvalue weighted by atomic mass is 79.9. The number of hydrogen-bond acceptors (Lipinski definition) is 4. The lowest BCUT2D eigenvalue weighted by Gasteiger charge is -2.16. The van der Waals surface area contributed by atoms with Gasteiger partial charge in [-0.3, -0.25) is 4.79 Å². The second-order valence-electron chi connectivity index (χ2n) is 7.05. The molecule has 0 fully saturated rings. The molecule has 0 aliphatic rings. The van der Waals surface area contributed by atoms with Gasteiger partial charge in [-0.15, -0.1) is 0 Å². The monoisotopic (exact) mass is 536 g/mol. The van der Waals surface area contributed by atoms with Crippen molar-refractivity contribution < 1.29 is 14.3 Å². The van der Waals surface area contributed by atoms with Gasteiger partial charge in [0.25, 0.3) is 5.91 Å². The van der Waals surface area contributed by atoms with Crippen LogP contribution < -0.4 is 20.1 Å². The molecule has 0 spiro atoms. The molecule has 0 aliphatic carbocycles. The van der Waals surface area contributed by atoms with E-state index in [1.807, 2.05) is 50.2 Å². The standard InChI is InChI=1S/C24H23BrCl2N2O3/c1-3-31-22-9-16(13-28-20-11-17(26)10-18(27)12-20)8-21(25)24(22)32-14-23(30)29-19-6-4-15(2)5-7-19/h4-12,28H,3,13-14H2,1-2H3,(H,29,30). The van der Waals surface area contributed by atoms with E-state index in [0.29, 0.717) is 39.2 Å². The van der Waals surface area contributed by atoms with Gasteiger partial charge in [0.15, 0.2) is 18.1 Å². The van der Waals surface area contributed by atoms with Crippen LogP contribution in [0.1, 0.15) is 18.1 Å². The summed E-state index contributed by atoms with van der Waals surface area (Å²) in [6.45, 7) is 4.71. The van der Waals surface area contributed by atoms with Crippen molar-refractivity contribution in [2.24, 2.45) is 0 Å². The molecule has 3 aromatic carbocycles. The smallest absolute Gasteiger partial charge is 0.262 e. The number of rotatable bonds is 9. The first-order valence-corrected chi connectivity index (χ1v) is 11.5. The molecule has 0 aliphatic heterocycles. The molecule has 5 nitrogen and oxygen atoms in total. The fourth-order valence-electron chi connectivity index (χ4n) is 2.96. The molecule has 1 amide bonds. The van der Waals surface area contributed by atoms with E-state index in [9.17, 15) is 4.79 Å². The summed E-state index contributed by atoms with van der Waals surface area (Å²) in [5.74, 6) is 0.762. The van der Waals surface area contributed by atoms with E-state index in [0.717, 1.165) is 22.5 Å². The normalized spacial score (nSPS) is 10.5. The summed E-state index contributed by atoms with van der Waals surface area (Å²) in [6.07, 6.45) is 0. The van der Waals surface area contributed by atoms with Crippen LogP contribution in [-0.4, -0.2) is 19.1 Å². The number of halogens is 3. The first-order chi connectivity index (χ1) is 15.3. The fourth-order valence-corrected chi connectivity index (χ4v) is 4.09. The minimum Gasteiger partial charge on any atom is -0.490 e. The molecule has 0 radical (unpaired) electrons. The van der Waals surface area contributed by atoms with Crippen LogP contribution in [0.2, 0.25) is 10.0 Å². The lowest BCUT2D eigenvalue weighted by molar-refractivity contribution is -0.118. The Morgan fingerprint density at radius 2 is 1.66 bits per heavy atom. The molecule has 0 bridgehead atoms. The number of amides is 1. The van der Waals surface area contributed by atoms with Crippen LogP contribution in [0.25, 0.3) is 0 Å². The third-order valence-corrected chi connectivity index (χ3v) is 5.44. The van der Waals surface area contributed by atoms with Crippen molar-refractivity contribution in [3.05, 3.63) is 80.2 Å². The third kappa shape index (κ3) is 7.05. The van der Waals surface area contributed by atoms with Crippen molar-refractivity contribution in [3.63, 3.8) is 0 Å². The molecule has 2 N–H and O–H groups in total. The number of nitrogens with one attached hydrogen (secondary N) is 2. The van der Waals surface area contributed by atoms with Gasteiger partial charge in [0.2, 0.25) is 0 Å². The number of aryl methyl sites for hydroxylation is 1. The zero-order chi connectivity index (χ0) is 23.1. The SMILES string of the molecule is CCOc1cc(CNc2cc(Cl)cc(Cl)c2)cc(Br)c1OCC(=O)Nc1ccc(C)cc1. The molecule has 168 valence electrons. The van der Waals surface area contributed by atoms with Crippen LogP contribution in [0.4, 0.5) is 11.4 Å². The van der Waals surface area contributed by atoms with E-state index in [1.54, 1.807) is 18.2 Å².